The number of aliphatic hydroxyl groups is 1. The van der Waals surface area contributed by atoms with E-state index in [2.05, 4.69) is 4.98 Å². The highest BCUT2D eigenvalue weighted by Crippen LogP contribution is 2.19. The molecule has 0 aromatic carbocycles. The molecule has 5 nitrogen and oxygen atoms in total. The molecule has 0 amide bonds. The molecule has 1 saturated heterocycles. The van der Waals surface area contributed by atoms with Crippen molar-refractivity contribution in [2.75, 3.05) is 13.2 Å². The van der Waals surface area contributed by atoms with E-state index in [0.29, 0.717) is 5.56 Å². The molecule has 1 fully saturated rings. The molecule has 2 atom stereocenters. The smallest absolute Gasteiger partial charge is 0.338 e. The number of carbonyl (C=O) groups excluding carboxylic acids is 1. The standard InChI is InChI=1S/C12H15NO4/c14-7-10-1-2-11(17-10)8-16-12(15)9-3-5-13-6-4-9/h3-6,10-11,14H,1-2,7-8H2. The van der Waals surface area contributed by atoms with Crippen molar-refractivity contribution < 1.29 is 19.4 Å². The second kappa shape index (κ2) is 5.75. The van der Waals surface area contributed by atoms with E-state index >= 15 is 0 Å². The van der Waals surface area contributed by atoms with E-state index in [1.165, 1.54) is 0 Å². The van der Waals surface area contributed by atoms with Gasteiger partial charge in [-0.2, -0.15) is 0 Å². The first kappa shape index (κ1) is 12.0. The summed E-state index contributed by atoms with van der Waals surface area (Å²) in [4.78, 5) is 15.4. The number of hydrogen-bond acceptors (Lipinski definition) is 5. The van der Waals surface area contributed by atoms with Crippen molar-refractivity contribution in [1.82, 2.24) is 4.98 Å². The number of pyridine rings is 1. The van der Waals surface area contributed by atoms with Crippen LogP contribution in [-0.2, 0) is 9.47 Å². The lowest BCUT2D eigenvalue weighted by Crippen LogP contribution is -2.21. The summed E-state index contributed by atoms with van der Waals surface area (Å²) in [5.41, 5.74) is 0.483. The first-order chi connectivity index (χ1) is 8.29. The van der Waals surface area contributed by atoms with Gasteiger partial charge in [0.2, 0.25) is 0 Å². The highest BCUT2D eigenvalue weighted by Gasteiger charge is 2.25. The van der Waals surface area contributed by atoms with Gasteiger partial charge in [0, 0.05) is 12.4 Å². The van der Waals surface area contributed by atoms with Crippen LogP contribution in [0.2, 0.25) is 0 Å². The van der Waals surface area contributed by atoms with Crippen molar-refractivity contribution in [2.45, 2.75) is 25.0 Å². The number of aliphatic hydroxyl groups excluding tert-OH is 1. The molecule has 0 spiro atoms. The number of hydrogen-bond donors (Lipinski definition) is 1. The monoisotopic (exact) mass is 237 g/mol. The van der Waals surface area contributed by atoms with E-state index in [9.17, 15) is 4.79 Å². The van der Waals surface area contributed by atoms with Crippen molar-refractivity contribution in [3.05, 3.63) is 30.1 Å². The van der Waals surface area contributed by atoms with Crippen LogP contribution in [0, 0.1) is 0 Å². The van der Waals surface area contributed by atoms with E-state index in [-0.39, 0.29) is 31.4 Å². The van der Waals surface area contributed by atoms with Gasteiger partial charge in [-0.1, -0.05) is 0 Å². The Balaban J connectivity index is 1.78. The zero-order valence-electron chi connectivity index (χ0n) is 9.41. The summed E-state index contributed by atoms with van der Waals surface area (Å²) in [7, 11) is 0. The lowest BCUT2D eigenvalue weighted by molar-refractivity contribution is -0.0231. The van der Waals surface area contributed by atoms with Gasteiger partial charge in [0.05, 0.1) is 24.4 Å². The maximum atomic E-state index is 11.6. The first-order valence-corrected chi connectivity index (χ1v) is 5.63. The zero-order chi connectivity index (χ0) is 12.1. The van der Waals surface area contributed by atoms with Gasteiger partial charge in [0.25, 0.3) is 0 Å². The van der Waals surface area contributed by atoms with E-state index in [4.69, 9.17) is 14.6 Å². The maximum absolute atomic E-state index is 11.6. The van der Waals surface area contributed by atoms with Crippen molar-refractivity contribution in [3.63, 3.8) is 0 Å². The summed E-state index contributed by atoms with van der Waals surface area (Å²) in [6, 6.07) is 3.21. The lowest BCUT2D eigenvalue weighted by Gasteiger charge is -2.12. The fourth-order valence-electron chi connectivity index (χ4n) is 1.78. The van der Waals surface area contributed by atoms with Crippen LogP contribution in [0.25, 0.3) is 0 Å². The van der Waals surface area contributed by atoms with E-state index in [1.54, 1.807) is 24.5 Å². The van der Waals surface area contributed by atoms with Gasteiger partial charge in [0.1, 0.15) is 6.61 Å². The van der Waals surface area contributed by atoms with E-state index in [0.717, 1.165) is 12.8 Å². The first-order valence-electron chi connectivity index (χ1n) is 5.63. The molecule has 1 aliphatic rings. The second-order valence-electron chi connectivity index (χ2n) is 3.97. The molecule has 1 N–H and O–H groups in total. The van der Waals surface area contributed by atoms with Gasteiger partial charge in [-0.3, -0.25) is 4.98 Å². The molecule has 0 aliphatic carbocycles. The van der Waals surface area contributed by atoms with Gasteiger partial charge in [0.15, 0.2) is 0 Å². The molecule has 17 heavy (non-hydrogen) atoms. The minimum absolute atomic E-state index is 0.0226. The van der Waals surface area contributed by atoms with Crippen LogP contribution in [0.4, 0.5) is 0 Å². The van der Waals surface area contributed by atoms with Crippen LogP contribution in [0.1, 0.15) is 23.2 Å². The van der Waals surface area contributed by atoms with Crippen molar-refractivity contribution in [3.8, 4) is 0 Å². The summed E-state index contributed by atoms with van der Waals surface area (Å²) < 4.78 is 10.6. The Bertz CT molecular complexity index is 368. The Hall–Kier alpha value is -1.46. The van der Waals surface area contributed by atoms with E-state index in [1.807, 2.05) is 0 Å². The van der Waals surface area contributed by atoms with Crippen LogP contribution in [0.5, 0.6) is 0 Å². The molecule has 2 unspecified atom stereocenters. The molecule has 5 heteroatoms. The molecule has 1 aromatic heterocycles. The number of rotatable bonds is 4. The summed E-state index contributed by atoms with van der Waals surface area (Å²) in [5, 5.41) is 8.90. The normalized spacial score (nSPS) is 23.6. The Morgan fingerprint density at radius 3 is 2.76 bits per heavy atom. The summed E-state index contributed by atoms with van der Waals surface area (Å²) in [6.45, 7) is 0.256. The largest absolute Gasteiger partial charge is 0.459 e. The highest BCUT2D eigenvalue weighted by molar-refractivity contribution is 5.89. The summed E-state index contributed by atoms with van der Waals surface area (Å²) >= 11 is 0. The molecular formula is C12H15NO4. The van der Waals surface area contributed by atoms with Crippen LogP contribution in [0.15, 0.2) is 24.5 Å². The van der Waals surface area contributed by atoms with Gasteiger partial charge < -0.3 is 14.6 Å². The third-order valence-corrected chi connectivity index (χ3v) is 2.72. The number of carbonyl (C=O) groups is 1. The number of nitrogens with zero attached hydrogens (tertiary/aromatic N) is 1. The van der Waals surface area contributed by atoms with Crippen LogP contribution < -0.4 is 0 Å². The van der Waals surface area contributed by atoms with Crippen LogP contribution in [0.3, 0.4) is 0 Å². The predicted molar refractivity (Wildman–Crippen MR) is 59.5 cm³/mol. The van der Waals surface area contributed by atoms with Crippen molar-refractivity contribution >= 4 is 5.97 Å². The number of ether oxygens (including phenoxy) is 2. The molecule has 1 aliphatic heterocycles. The molecule has 0 saturated carbocycles. The molecule has 1 aromatic rings. The fraction of sp³-hybridized carbons (Fsp3) is 0.500. The third-order valence-electron chi connectivity index (χ3n) is 2.72. The molecule has 0 bridgehead atoms. The average molecular weight is 237 g/mol. The SMILES string of the molecule is O=C(OCC1CCC(CO)O1)c1ccncc1. The molecule has 2 rings (SSSR count). The molecule has 2 heterocycles. The topological polar surface area (TPSA) is 68.7 Å². The Morgan fingerprint density at radius 2 is 2.12 bits per heavy atom. The summed E-state index contributed by atoms with van der Waals surface area (Å²) in [5.74, 6) is -0.372. The molecule has 0 radical (unpaired) electrons. The Kier molecular flexibility index (Phi) is 4.06. The highest BCUT2D eigenvalue weighted by atomic mass is 16.6. The van der Waals surface area contributed by atoms with Gasteiger partial charge in [-0.15, -0.1) is 0 Å². The van der Waals surface area contributed by atoms with E-state index < -0.39 is 0 Å². The van der Waals surface area contributed by atoms with Gasteiger partial charge in [-0.25, -0.2) is 4.79 Å². The zero-order valence-corrected chi connectivity index (χ0v) is 9.41. The van der Waals surface area contributed by atoms with Gasteiger partial charge in [-0.05, 0) is 25.0 Å². The van der Waals surface area contributed by atoms with Crippen molar-refractivity contribution in [2.24, 2.45) is 0 Å². The minimum Gasteiger partial charge on any atom is -0.459 e. The quantitative estimate of drug-likeness (QED) is 0.784. The fourth-order valence-corrected chi connectivity index (χ4v) is 1.78. The maximum Gasteiger partial charge on any atom is 0.338 e. The summed E-state index contributed by atoms with van der Waals surface area (Å²) in [6.07, 6.45) is 4.51. The van der Waals surface area contributed by atoms with Gasteiger partial charge >= 0.3 is 5.97 Å². The Morgan fingerprint density at radius 1 is 1.41 bits per heavy atom. The Labute approximate surface area is 99.4 Å². The van der Waals surface area contributed by atoms with Crippen molar-refractivity contribution in [1.29, 1.82) is 0 Å². The van der Waals surface area contributed by atoms with Crippen LogP contribution >= 0.6 is 0 Å². The van der Waals surface area contributed by atoms with Crippen LogP contribution in [-0.4, -0.2) is 41.5 Å². The minimum atomic E-state index is -0.372. The second-order valence-corrected chi connectivity index (χ2v) is 3.97. The lowest BCUT2D eigenvalue weighted by atomic mass is 10.2. The molecular weight excluding hydrogens is 222 g/mol. The molecule has 92 valence electrons. The number of esters is 1. The predicted octanol–water partition coefficient (Wildman–Crippen LogP) is 0.778. The average Bonchev–Trinajstić information content (AvgIpc) is 2.85. The number of aromatic nitrogens is 1. The third kappa shape index (κ3) is 3.25.